The van der Waals surface area contributed by atoms with Crippen LogP contribution in [0.4, 0.5) is 0 Å². The zero-order valence-corrected chi connectivity index (χ0v) is 21.4. The molecule has 7 heteroatoms. The Balaban J connectivity index is 1.87. The lowest BCUT2D eigenvalue weighted by Crippen LogP contribution is -2.16. The largest absolute Gasteiger partial charge is 0.493 e. The molecule has 2 aromatic carbocycles. The van der Waals surface area contributed by atoms with E-state index in [4.69, 9.17) is 18.9 Å². The quantitative estimate of drug-likeness (QED) is 0.239. The Kier molecular flexibility index (Phi) is 9.68. The summed E-state index contributed by atoms with van der Waals surface area (Å²) in [6.07, 6.45) is 9.11. The zero-order chi connectivity index (χ0) is 26.1. The summed E-state index contributed by atoms with van der Waals surface area (Å²) in [7, 11) is 4.45. The van der Waals surface area contributed by atoms with Gasteiger partial charge in [-0.25, -0.2) is 4.79 Å². The molecule has 0 amide bonds. The second-order valence-electron chi connectivity index (χ2n) is 8.73. The number of hydrogen-bond donors (Lipinski definition) is 0. The highest BCUT2D eigenvalue weighted by molar-refractivity contribution is 6.22. The van der Waals surface area contributed by atoms with E-state index in [9.17, 15) is 14.4 Å². The van der Waals surface area contributed by atoms with E-state index in [-0.39, 0.29) is 17.1 Å². The third kappa shape index (κ3) is 6.33. The molecular weight excluding hydrogens is 460 g/mol. The molecule has 0 aromatic heterocycles. The molecule has 3 rings (SSSR count). The van der Waals surface area contributed by atoms with Crippen LogP contribution in [0.1, 0.15) is 94.6 Å². The van der Waals surface area contributed by atoms with E-state index in [2.05, 4.69) is 6.92 Å². The van der Waals surface area contributed by atoms with E-state index in [1.807, 2.05) is 0 Å². The van der Waals surface area contributed by atoms with Crippen molar-refractivity contribution >= 4 is 17.5 Å². The van der Waals surface area contributed by atoms with E-state index >= 15 is 0 Å². The van der Waals surface area contributed by atoms with Crippen molar-refractivity contribution in [2.75, 3.05) is 21.3 Å². The van der Waals surface area contributed by atoms with Crippen LogP contribution in [0.25, 0.3) is 0 Å². The van der Waals surface area contributed by atoms with Crippen LogP contribution in [0.5, 0.6) is 17.2 Å². The fourth-order valence-electron chi connectivity index (χ4n) is 4.31. The number of hydrogen-bond acceptors (Lipinski definition) is 7. The molecular formula is C29H34O7. The summed E-state index contributed by atoms with van der Waals surface area (Å²) < 4.78 is 22.0. The van der Waals surface area contributed by atoms with Crippen LogP contribution >= 0.6 is 0 Å². The van der Waals surface area contributed by atoms with Crippen molar-refractivity contribution in [2.24, 2.45) is 0 Å². The zero-order valence-electron chi connectivity index (χ0n) is 21.4. The standard InChI is InChI=1S/C29H34O7/c1-5-6-7-8-9-10-11-25(19-12-13-21-22(16-19)24(31)15-14-23(21)30)36-29(32)20-17-26(33-2)28(35-4)27(18-20)34-3/h12-18,25H,5-11H2,1-4H3. The highest BCUT2D eigenvalue weighted by atomic mass is 16.5. The van der Waals surface area contributed by atoms with Crippen LogP contribution in [0.2, 0.25) is 0 Å². The molecule has 0 spiro atoms. The van der Waals surface area contributed by atoms with Gasteiger partial charge >= 0.3 is 5.97 Å². The van der Waals surface area contributed by atoms with E-state index in [0.29, 0.717) is 40.4 Å². The van der Waals surface area contributed by atoms with Crippen molar-refractivity contribution < 1.29 is 33.3 Å². The Hall–Kier alpha value is -3.61. The van der Waals surface area contributed by atoms with Crippen LogP contribution in [0.3, 0.4) is 0 Å². The molecule has 2 aromatic rings. The fraction of sp³-hybridized carbons (Fsp3) is 0.414. The molecule has 1 aliphatic carbocycles. The minimum absolute atomic E-state index is 0.210. The van der Waals surface area contributed by atoms with Crippen LogP contribution in [0, 0.1) is 0 Å². The van der Waals surface area contributed by atoms with Gasteiger partial charge in [-0.3, -0.25) is 9.59 Å². The smallest absolute Gasteiger partial charge is 0.339 e. The topological polar surface area (TPSA) is 88.1 Å². The van der Waals surface area contributed by atoms with E-state index in [1.54, 1.807) is 30.3 Å². The number of benzene rings is 2. The van der Waals surface area contributed by atoms with Gasteiger partial charge in [0.05, 0.1) is 26.9 Å². The van der Waals surface area contributed by atoms with Gasteiger partial charge in [-0.15, -0.1) is 0 Å². The lowest BCUT2D eigenvalue weighted by atomic mass is 9.91. The Bertz CT molecular complexity index is 1110. The number of allylic oxidation sites excluding steroid dienone is 2. The predicted molar refractivity (Wildman–Crippen MR) is 136 cm³/mol. The lowest BCUT2D eigenvalue weighted by Gasteiger charge is -2.21. The van der Waals surface area contributed by atoms with Gasteiger partial charge in [0.25, 0.3) is 0 Å². The number of carbonyl (C=O) groups excluding carboxylic acids is 3. The summed E-state index contributed by atoms with van der Waals surface area (Å²) in [5.41, 5.74) is 1.63. The molecule has 1 atom stereocenters. The van der Waals surface area contributed by atoms with Gasteiger partial charge < -0.3 is 18.9 Å². The van der Waals surface area contributed by atoms with Gasteiger partial charge in [-0.1, -0.05) is 45.1 Å². The van der Waals surface area contributed by atoms with Gasteiger partial charge in [0.2, 0.25) is 5.75 Å². The normalized spacial score (nSPS) is 13.2. The van der Waals surface area contributed by atoms with Crippen LogP contribution in [-0.2, 0) is 4.74 Å². The van der Waals surface area contributed by atoms with Crippen molar-refractivity contribution in [3.8, 4) is 17.2 Å². The molecule has 0 heterocycles. The number of ether oxygens (including phenoxy) is 4. The van der Waals surface area contributed by atoms with E-state index in [0.717, 1.165) is 19.3 Å². The highest BCUT2D eigenvalue weighted by Crippen LogP contribution is 2.39. The predicted octanol–water partition coefficient (Wildman–Crippen LogP) is 6.30. The fourth-order valence-corrected chi connectivity index (χ4v) is 4.31. The van der Waals surface area contributed by atoms with Gasteiger partial charge in [0.1, 0.15) is 6.10 Å². The third-order valence-corrected chi connectivity index (χ3v) is 6.30. The molecule has 36 heavy (non-hydrogen) atoms. The van der Waals surface area contributed by atoms with Gasteiger partial charge in [-0.05, 0) is 54.8 Å². The van der Waals surface area contributed by atoms with Gasteiger partial charge in [0.15, 0.2) is 23.1 Å². The first-order valence-corrected chi connectivity index (χ1v) is 12.3. The van der Waals surface area contributed by atoms with Gasteiger partial charge in [0, 0.05) is 11.1 Å². The van der Waals surface area contributed by atoms with Crippen molar-refractivity contribution in [3.63, 3.8) is 0 Å². The number of carbonyl (C=O) groups is 3. The van der Waals surface area contributed by atoms with Crippen molar-refractivity contribution in [1.82, 2.24) is 0 Å². The molecule has 0 bridgehead atoms. The molecule has 192 valence electrons. The summed E-state index contributed by atoms with van der Waals surface area (Å²) in [5.74, 6) is 0.0806. The monoisotopic (exact) mass is 494 g/mol. The number of unbranched alkanes of at least 4 members (excludes halogenated alkanes) is 5. The van der Waals surface area contributed by atoms with Gasteiger partial charge in [-0.2, -0.15) is 0 Å². The second-order valence-corrected chi connectivity index (χ2v) is 8.73. The van der Waals surface area contributed by atoms with Crippen molar-refractivity contribution in [3.05, 3.63) is 64.7 Å². The average molecular weight is 495 g/mol. The van der Waals surface area contributed by atoms with Crippen LogP contribution in [-0.4, -0.2) is 38.9 Å². The maximum Gasteiger partial charge on any atom is 0.339 e. The first-order valence-electron chi connectivity index (χ1n) is 12.3. The Morgan fingerprint density at radius 1 is 0.778 bits per heavy atom. The molecule has 0 saturated heterocycles. The number of rotatable bonds is 13. The first kappa shape index (κ1) is 27.0. The first-order chi connectivity index (χ1) is 17.4. The van der Waals surface area contributed by atoms with E-state index in [1.165, 1.54) is 52.7 Å². The molecule has 1 unspecified atom stereocenters. The van der Waals surface area contributed by atoms with E-state index < -0.39 is 12.1 Å². The summed E-state index contributed by atoms with van der Waals surface area (Å²) >= 11 is 0. The second kappa shape index (κ2) is 12.9. The molecule has 0 radical (unpaired) electrons. The molecule has 0 saturated carbocycles. The Labute approximate surface area is 212 Å². The maximum absolute atomic E-state index is 13.2. The number of fused-ring (bicyclic) bond motifs is 1. The molecule has 0 fully saturated rings. The number of esters is 1. The van der Waals surface area contributed by atoms with Crippen LogP contribution < -0.4 is 14.2 Å². The number of methoxy groups -OCH3 is 3. The number of ketones is 2. The SMILES string of the molecule is CCCCCCCCC(OC(=O)c1cc(OC)c(OC)c(OC)c1)c1ccc2c(c1)C(=O)C=CC2=O. The minimum Gasteiger partial charge on any atom is -0.493 e. The summed E-state index contributed by atoms with van der Waals surface area (Å²) in [4.78, 5) is 37.8. The summed E-state index contributed by atoms with van der Waals surface area (Å²) in [5, 5.41) is 0. The molecule has 0 aliphatic heterocycles. The lowest BCUT2D eigenvalue weighted by molar-refractivity contribution is 0.0269. The summed E-state index contributed by atoms with van der Waals surface area (Å²) in [6.45, 7) is 2.18. The molecule has 0 N–H and O–H groups in total. The average Bonchev–Trinajstić information content (AvgIpc) is 2.90. The highest BCUT2D eigenvalue weighted by Gasteiger charge is 2.25. The molecule has 1 aliphatic rings. The maximum atomic E-state index is 13.2. The van der Waals surface area contributed by atoms with Crippen molar-refractivity contribution in [1.29, 1.82) is 0 Å². The van der Waals surface area contributed by atoms with Crippen molar-refractivity contribution in [2.45, 2.75) is 58.0 Å². The Morgan fingerprint density at radius 2 is 1.39 bits per heavy atom. The summed E-state index contributed by atoms with van der Waals surface area (Å²) in [6, 6.07) is 8.16. The third-order valence-electron chi connectivity index (χ3n) is 6.30. The Morgan fingerprint density at radius 3 is 2.00 bits per heavy atom. The minimum atomic E-state index is -0.582. The van der Waals surface area contributed by atoms with Crippen LogP contribution in [0.15, 0.2) is 42.5 Å². The molecule has 7 nitrogen and oxygen atoms in total.